The molecule has 164 valence electrons. The van der Waals surface area contributed by atoms with E-state index in [0.717, 1.165) is 27.8 Å². The molecule has 0 radical (unpaired) electrons. The topological polar surface area (TPSA) is 97.7 Å². The molecule has 0 fully saturated rings. The first-order valence-electron chi connectivity index (χ1n) is 10.5. The predicted octanol–water partition coefficient (Wildman–Crippen LogP) is 3.71. The van der Waals surface area contributed by atoms with Crippen LogP contribution in [-0.4, -0.2) is 44.8 Å². The van der Waals surface area contributed by atoms with Crippen LogP contribution in [-0.2, 0) is 0 Å². The number of aromatic nitrogens is 5. The van der Waals surface area contributed by atoms with E-state index in [1.807, 2.05) is 66.9 Å². The summed E-state index contributed by atoms with van der Waals surface area (Å²) in [7, 11) is 1.65. The molecule has 0 saturated heterocycles. The van der Waals surface area contributed by atoms with Crippen molar-refractivity contribution in [2.75, 3.05) is 13.7 Å². The Morgan fingerprint density at radius 1 is 1.06 bits per heavy atom. The molecule has 2 N–H and O–H groups in total. The zero-order valence-corrected chi connectivity index (χ0v) is 18.0. The smallest absolute Gasteiger partial charge is 0.253 e. The van der Waals surface area contributed by atoms with Gasteiger partial charge in [0.25, 0.3) is 5.91 Å². The van der Waals surface area contributed by atoms with E-state index in [1.54, 1.807) is 13.2 Å². The van der Waals surface area contributed by atoms with E-state index in [0.29, 0.717) is 17.8 Å². The Hall–Kier alpha value is -4.46. The number of hydrogen-bond donors (Lipinski definition) is 2. The van der Waals surface area contributed by atoms with Crippen molar-refractivity contribution in [1.29, 1.82) is 0 Å². The van der Waals surface area contributed by atoms with Crippen LogP contribution in [0.25, 0.3) is 16.6 Å². The number of rotatable bonds is 7. The number of nitrogens with one attached hydrogen (secondary N) is 2. The number of carbonyl (C=O) groups excluding carboxylic acids is 1. The fourth-order valence-electron chi connectivity index (χ4n) is 4.05. The van der Waals surface area contributed by atoms with Gasteiger partial charge in [0.2, 0.25) is 0 Å². The highest BCUT2D eigenvalue weighted by Gasteiger charge is 2.21. The Labute approximate surface area is 190 Å². The number of benzene rings is 3. The van der Waals surface area contributed by atoms with Gasteiger partial charge in [-0.2, -0.15) is 4.68 Å². The van der Waals surface area contributed by atoms with Gasteiger partial charge in [-0.05, 0) is 51.9 Å². The highest BCUT2D eigenvalue weighted by atomic mass is 16.5. The van der Waals surface area contributed by atoms with Crippen LogP contribution in [0.4, 0.5) is 0 Å². The summed E-state index contributed by atoms with van der Waals surface area (Å²) >= 11 is 0. The Kier molecular flexibility index (Phi) is 5.55. The summed E-state index contributed by atoms with van der Waals surface area (Å²) in [5.41, 5.74) is 4.37. The third-order valence-electron chi connectivity index (χ3n) is 5.73. The van der Waals surface area contributed by atoms with Gasteiger partial charge in [0.15, 0.2) is 0 Å². The average Bonchev–Trinajstić information content (AvgIpc) is 3.55. The number of carbonyl (C=O) groups is 1. The van der Waals surface area contributed by atoms with Gasteiger partial charge in [-0.15, -0.1) is 5.10 Å². The van der Waals surface area contributed by atoms with Gasteiger partial charge in [0, 0.05) is 29.6 Å². The van der Waals surface area contributed by atoms with Gasteiger partial charge in [-0.3, -0.25) is 4.79 Å². The maximum absolute atomic E-state index is 13.2. The lowest BCUT2D eigenvalue weighted by molar-refractivity contribution is 0.0952. The number of para-hydroxylation sites is 2. The van der Waals surface area contributed by atoms with Crippen LogP contribution < -0.4 is 10.1 Å². The summed E-state index contributed by atoms with van der Waals surface area (Å²) in [6.07, 6.45) is 3.49. The molecular weight excluding hydrogens is 416 g/mol. The number of methoxy groups -OCH3 is 1. The van der Waals surface area contributed by atoms with Crippen LogP contribution in [0.5, 0.6) is 5.75 Å². The quantitative estimate of drug-likeness (QED) is 0.404. The molecule has 33 heavy (non-hydrogen) atoms. The standard InChI is InChI=1S/C25H22N6O2/c1-33-18-12-10-17(11-13-18)21(22-15-26-23-8-4-2-6-19(22)23)14-27-25(32)20-7-3-5-9-24(20)31-16-28-29-30-31/h2-13,15-16,21,26H,14H2,1H3,(H,27,32). The molecule has 8 heteroatoms. The van der Waals surface area contributed by atoms with E-state index in [9.17, 15) is 4.79 Å². The van der Waals surface area contributed by atoms with Crippen molar-refractivity contribution in [3.63, 3.8) is 0 Å². The number of nitrogens with zero attached hydrogens (tertiary/aromatic N) is 4. The molecule has 1 amide bonds. The van der Waals surface area contributed by atoms with Crippen LogP contribution in [0.15, 0.2) is 85.3 Å². The summed E-state index contributed by atoms with van der Waals surface area (Å²) in [6.45, 7) is 0.414. The molecular formula is C25H22N6O2. The van der Waals surface area contributed by atoms with Crippen molar-refractivity contribution >= 4 is 16.8 Å². The summed E-state index contributed by atoms with van der Waals surface area (Å²) < 4.78 is 6.80. The van der Waals surface area contributed by atoms with Crippen molar-refractivity contribution in [3.05, 3.63) is 102 Å². The van der Waals surface area contributed by atoms with Gasteiger partial charge >= 0.3 is 0 Å². The fourth-order valence-corrected chi connectivity index (χ4v) is 4.05. The lowest BCUT2D eigenvalue weighted by atomic mass is 9.90. The third-order valence-corrected chi connectivity index (χ3v) is 5.73. The van der Waals surface area contributed by atoms with Gasteiger partial charge in [0.1, 0.15) is 12.1 Å². The molecule has 2 aromatic heterocycles. The van der Waals surface area contributed by atoms with Gasteiger partial charge in [0.05, 0.1) is 18.4 Å². The maximum atomic E-state index is 13.2. The highest BCUT2D eigenvalue weighted by molar-refractivity contribution is 5.97. The zero-order chi connectivity index (χ0) is 22.6. The zero-order valence-electron chi connectivity index (χ0n) is 18.0. The Bertz CT molecular complexity index is 1380. The van der Waals surface area contributed by atoms with E-state index in [-0.39, 0.29) is 11.8 Å². The minimum absolute atomic E-state index is 0.0591. The fraction of sp³-hybridized carbons (Fsp3) is 0.120. The number of fused-ring (bicyclic) bond motifs is 1. The predicted molar refractivity (Wildman–Crippen MR) is 125 cm³/mol. The second kappa shape index (κ2) is 8.96. The van der Waals surface area contributed by atoms with Crippen molar-refractivity contribution in [3.8, 4) is 11.4 Å². The van der Waals surface area contributed by atoms with Crippen molar-refractivity contribution < 1.29 is 9.53 Å². The number of hydrogen-bond acceptors (Lipinski definition) is 5. The molecule has 0 bridgehead atoms. The van der Waals surface area contributed by atoms with E-state index in [2.05, 4.69) is 31.9 Å². The van der Waals surface area contributed by atoms with E-state index < -0.39 is 0 Å². The van der Waals surface area contributed by atoms with Gasteiger partial charge < -0.3 is 15.0 Å². The van der Waals surface area contributed by atoms with E-state index in [4.69, 9.17) is 4.74 Å². The SMILES string of the molecule is COc1ccc(C(CNC(=O)c2ccccc2-n2cnnn2)c2c[nH]c3ccccc23)cc1. The normalized spacial score (nSPS) is 11.9. The molecule has 1 unspecified atom stereocenters. The summed E-state index contributed by atoms with van der Waals surface area (Å²) in [5, 5.41) is 15.5. The minimum Gasteiger partial charge on any atom is -0.497 e. The largest absolute Gasteiger partial charge is 0.497 e. The molecule has 0 saturated carbocycles. The molecule has 2 heterocycles. The number of amides is 1. The monoisotopic (exact) mass is 438 g/mol. The number of tetrazole rings is 1. The highest BCUT2D eigenvalue weighted by Crippen LogP contribution is 2.31. The van der Waals surface area contributed by atoms with Crippen LogP contribution in [0.1, 0.15) is 27.4 Å². The Morgan fingerprint density at radius 3 is 2.64 bits per heavy atom. The minimum atomic E-state index is -0.195. The molecule has 0 aliphatic carbocycles. The number of aromatic amines is 1. The van der Waals surface area contributed by atoms with Crippen LogP contribution in [0, 0.1) is 0 Å². The van der Waals surface area contributed by atoms with Crippen molar-refractivity contribution in [1.82, 2.24) is 30.5 Å². The molecule has 1 atom stereocenters. The van der Waals surface area contributed by atoms with Crippen LogP contribution >= 0.6 is 0 Å². The average molecular weight is 438 g/mol. The Morgan fingerprint density at radius 2 is 1.85 bits per heavy atom. The summed E-state index contributed by atoms with van der Waals surface area (Å²) in [6, 6.07) is 23.3. The molecule has 0 aliphatic rings. The van der Waals surface area contributed by atoms with Gasteiger partial charge in [-0.25, -0.2) is 0 Å². The van der Waals surface area contributed by atoms with Crippen molar-refractivity contribution in [2.45, 2.75) is 5.92 Å². The molecule has 3 aromatic carbocycles. The molecule has 5 rings (SSSR count). The Balaban J connectivity index is 1.46. The second-order valence-corrected chi connectivity index (χ2v) is 7.60. The molecule has 0 spiro atoms. The van der Waals surface area contributed by atoms with Gasteiger partial charge in [-0.1, -0.05) is 42.5 Å². The molecule has 8 nitrogen and oxygen atoms in total. The molecule has 5 aromatic rings. The van der Waals surface area contributed by atoms with E-state index >= 15 is 0 Å². The number of H-pyrrole nitrogens is 1. The summed E-state index contributed by atoms with van der Waals surface area (Å²) in [4.78, 5) is 16.6. The van der Waals surface area contributed by atoms with Crippen LogP contribution in [0.3, 0.4) is 0 Å². The summed E-state index contributed by atoms with van der Waals surface area (Å²) in [5.74, 6) is 0.534. The second-order valence-electron chi connectivity index (χ2n) is 7.60. The lowest BCUT2D eigenvalue weighted by Crippen LogP contribution is -2.29. The van der Waals surface area contributed by atoms with E-state index in [1.165, 1.54) is 11.0 Å². The van der Waals surface area contributed by atoms with Crippen LogP contribution in [0.2, 0.25) is 0 Å². The molecule has 0 aliphatic heterocycles. The number of ether oxygens (including phenoxy) is 1. The first-order chi connectivity index (χ1) is 16.2. The third kappa shape index (κ3) is 4.06. The first-order valence-corrected chi connectivity index (χ1v) is 10.5. The maximum Gasteiger partial charge on any atom is 0.253 e. The lowest BCUT2D eigenvalue weighted by Gasteiger charge is -2.19. The van der Waals surface area contributed by atoms with Crippen molar-refractivity contribution in [2.24, 2.45) is 0 Å². The first kappa shape index (κ1) is 20.4.